The summed E-state index contributed by atoms with van der Waals surface area (Å²) >= 11 is 3.38. The molecule has 0 atom stereocenters. The van der Waals surface area contributed by atoms with E-state index in [2.05, 4.69) is 31.0 Å². The summed E-state index contributed by atoms with van der Waals surface area (Å²) < 4.78 is 34.8. The predicted octanol–water partition coefficient (Wildman–Crippen LogP) is 3.65. The standard InChI is InChI=1S/C23H29BrN4O4S/c1-28(14-15-32-20-11-9-18(24)10-12-20)17-23(29)26-19-6-5-7-21(16-19)33(30,31)27-22-8-3-2-4-13-25-22/h5-7,9-12,16H,2-4,8,13-15,17H2,1H3,(H,25,27)(H,26,29). The molecule has 2 aromatic rings. The van der Waals surface area contributed by atoms with Gasteiger partial charge in [-0.05, 0) is 62.4 Å². The molecule has 0 aliphatic carbocycles. The van der Waals surface area contributed by atoms with Crippen molar-refractivity contribution >= 4 is 43.4 Å². The van der Waals surface area contributed by atoms with Gasteiger partial charge in [0.05, 0.1) is 11.4 Å². The number of rotatable bonds is 9. The van der Waals surface area contributed by atoms with Crippen LogP contribution in [0.3, 0.4) is 0 Å². The second-order valence-corrected chi connectivity index (χ2v) is 10.5. The van der Waals surface area contributed by atoms with Crippen molar-refractivity contribution in [3.63, 3.8) is 0 Å². The number of ether oxygens (including phenoxy) is 1. The Labute approximate surface area is 203 Å². The lowest BCUT2D eigenvalue weighted by atomic mass is 10.2. The molecule has 0 saturated carbocycles. The molecule has 2 aromatic carbocycles. The van der Waals surface area contributed by atoms with Gasteiger partial charge in [-0.2, -0.15) is 0 Å². The Balaban J connectivity index is 1.49. The van der Waals surface area contributed by atoms with Crippen LogP contribution in [-0.4, -0.2) is 58.3 Å². The van der Waals surface area contributed by atoms with Crippen LogP contribution in [0, 0.1) is 0 Å². The summed E-state index contributed by atoms with van der Waals surface area (Å²) in [5.74, 6) is 1.02. The summed E-state index contributed by atoms with van der Waals surface area (Å²) in [5.41, 5.74) is 0.421. The fourth-order valence-electron chi connectivity index (χ4n) is 3.29. The third-order valence-corrected chi connectivity index (χ3v) is 6.93. The van der Waals surface area contributed by atoms with Gasteiger partial charge in [-0.25, -0.2) is 8.42 Å². The first-order chi connectivity index (χ1) is 15.8. The summed E-state index contributed by atoms with van der Waals surface area (Å²) in [7, 11) is -1.94. The molecule has 0 fully saturated rings. The smallest absolute Gasteiger partial charge is 0.262 e. The number of anilines is 1. The van der Waals surface area contributed by atoms with Gasteiger partial charge in [-0.15, -0.1) is 0 Å². The quantitative estimate of drug-likeness (QED) is 0.509. The fourth-order valence-corrected chi connectivity index (χ4v) is 4.69. The first kappa shape index (κ1) is 25.2. The van der Waals surface area contributed by atoms with E-state index in [1.54, 1.807) is 12.1 Å². The zero-order valence-electron chi connectivity index (χ0n) is 18.6. The number of hydrogen-bond donors (Lipinski definition) is 2. The van der Waals surface area contributed by atoms with Gasteiger partial charge in [0.25, 0.3) is 10.0 Å². The predicted molar refractivity (Wildman–Crippen MR) is 133 cm³/mol. The number of hydrogen-bond acceptors (Lipinski definition) is 6. The minimum atomic E-state index is -3.76. The SMILES string of the molecule is CN(CCOc1ccc(Br)cc1)CC(=O)Nc1cccc(S(=O)(=O)NC2=NCCCCC2)c1. The van der Waals surface area contributed by atoms with E-state index < -0.39 is 10.0 Å². The highest BCUT2D eigenvalue weighted by Crippen LogP contribution is 2.17. The lowest BCUT2D eigenvalue weighted by molar-refractivity contribution is -0.117. The normalized spacial score (nSPS) is 14.3. The van der Waals surface area contributed by atoms with Crippen LogP contribution < -0.4 is 14.8 Å². The third-order valence-electron chi connectivity index (χ3n) is 5.02. The number of sulfonamides is 1. The zero-order valence-corrected chi connectivity index (χ0v) is 21.0. The monoisotopic (exact) mass is 536 g/mol. The number of benzene rings is 2. The van der Waals surface area contributed by atoms with Crippen molar-refractivity contribution in [3.05, 3.63) is 53.0 Å². The van der Waals surface area contributed by atoms with Gasteiger partial charge in [0.15, 0.2) is 0 Å². The van der Waals surface area contributed by atoms with Crippen molar-refractivity contribution in [2.45, 2.75) is 30.6 Å². The summed E-state index contributed by atoms with van der Waals surface area (Å²) in [6.45, 7) is 1.78. The fraction of sp³-hybridized carbons (Fsp3) is 0.391. The minimum absolute atomic E-state index is 0.0866. The number of carbonyl (C=O) groups is 1. The molecule has 1 amide bonds. The number of aliphatic imine (C=N–C) groups is 1. The molecule has 1 aliphatic rings. The zero-order chi connectivity index (χ0) is 23.7. The second kappa shape index (κ2) is 12.2. The molecule has 3 rings (SSSR count). The maximum Gasteiger partial charge on any atom is 0.262 e. The van der Waals surface area contributed by atoms with Gasteiger partial charge < -0.3 is 10.1 Å². The Morgan fingerprint density at radius 1 is 1.15 bits per heavy atom. The third kappa shape index (κ3) is 8.45. The van der Waals surface area contributed by atoms with E-state index in [9.17, 15) is 13.2 Å². The van der Waals surface area contributed by atoms with Crippen molar-refractivity contribution in [1.82, 2.24) is 9.62 Å². The molecule has 0 unspecified atom stereocenters. The van der Waals surface area contributed by atoms with Crippen molar-refractivity contribution in [2.24, 2.45) is 4.99 Å². The van der Waals surface area contributed by atoms with Gasteiger partial charge in [0, 0.05) is 29.7 Å². The Hall–Kier alpha value is -2.43. The summed E-state index contributed by atoms with van der Waals surface area (Å²) in [5, 5.41) is 2.76. The first-order valence-corrected chi connectivity index (χ1v) is 13.1. The van der Waals surface area contributed by atoms with Gasteiger partial charge in [0.1, 0.15) is 18.2 Å². The Bertz CT molecular complexity index is 1070. The van der Waals surface area contributed by atoms with E-state index in [4.69, 9.17) is 4.74 Å². The largest absolute Gasteiger partial charge is 0.492 e. The molecule has 1 aliphatic heterocycles. The number of likely N-dealkylation sites (N-methyl/N-ethyl adjacent to an activating group) is 1. The topological polar surface area (TPSA) is 100 Å². The Morgan fingerprint density at radius 3 is 2.73 bits per heavy atom. The van der Waals surface area contributed by atoms with Gasteiger partial charge in [0.2, 0.25) is 5.91 Å². The molecule has 10 heteroatoms. The molecule has 0 aromatic heterocycles. The summed E-state index contributed by atoms with van der Waals surface area (Å²) in [6, 6.07) is 13.8. The highest BCUT2D eigenvalue weighted by atomic mass is 79.9. The van der Waals surface area contributed by atoms with E-state index in [-0.39, 0.29) is 17.3 Å². The van der Waals surface area contributed by atoms with Crippen LogP contribution in [0.1, 0.15) is 25.7 Å². The molecular weight excluding hydrogens is 508 g/mol. The minimum Gasteiger partial charge on any atom is -0.492 e. The van der Waals surface area contributed by atoms with Crippen LogP contribution in [0.4, 0.5) is 5.69 Å². The van der Waals surface area contributed by atoms with E-state index in [1.165, 1.54) is 12.1 Å². The molecule has 178 valence electrons. The highest BCUT2D eigenvalue weighted by molar-refractivity contribution is 9.10. The molecular formula is C23H29BrN4O4S. The number of carbonyl (C=O) groups excluding carboxylic acids is 1. The maximum absolute atomic E-state index is 12.8. The number of halogens is 1. The molecule has 0 spiro atoms. The molecule has 1 heterocycles. The van der Waals surface area contributed by atoms with Gasteiger partial charge in [-0.1, -0.05) is 28.4 Å². The van der Waals surface area contributed by atoms with Crippen molar-refractivity contribution in [3.8, 4) is 5.75 Å². The number of nitrogens with zero attached hydrogens (tertiary/aromatic N) is 2. The van der Waals surface area contributed by atoms with E-state index in [0.717, 1.165) is 29.5 Å². The molecule has 8 nitrogen and oxygen atoms in total. The Morgan fingerprint density at radius 2 is 1.94 bits per heavy atom. The lowest BCUT2D eigenvalue weighted by Crippen LogP contribution is -2.33. The molecule has 33 heavy (non-hydrogen) atoms. The molecule has 0 bridgehead atoms. The van der Waals surface area contributed by atoms with Crippen LogP contribution >= 0.6 is 15.9 Å². The van der Waals surface area contributed by atoms with Gasteiger partial charge >= 0.3 is 0 Å². The molecule has 0 radical (unpaired) electrons. The highest BCUT2D eigenvalue weighted by Gasteiger charge is 2.18. The maximum atomic E-state index is 12.8. The number of nitrogens with one attached hydrogen (secondary N) is 2. The van der Waals surface area contributed by atoms with Gasteiger partial charge in [-0.3, -0.25) is 19.4 Å². The lowest BCUT2D eigenvalue weighted by Gasteiger charge is -2.17. The van der Waals surface area contributed by atoms with Crippen LogP contribution in [0.25, 0.3) is 0 Å². The second-order valence-electron chi connectivity index (χ2n) is 7.86. The molecule has 2 N–H and O–H groups in total. The average molecular weight is 537 g/mol. The van der Waals surface area contributed by atoms with Crippen molar-refractivity contribution in [1.29, 1.82) is 0 Å². The van der Waals surface area contributed by atoms with Crippen molar-refractivity contribution < 1.29 is 17.9 Å². The van der Waals surface area contributed by atoms with E-state index in [0.29, 0.717) is 37.6 Å². The number of amidine groups is 1. The summed E-state index contributed by atoms with van der Waals surface area (Å²) in [6.07, 6.45) is 3.55. The van der Waals surface area contributed by atoms with E-state index in [1.807, 2.05) is 36.2 Å². The Kier molecular flexibility index (Phi) is 9.28. The van der Waals surface area contributed by atoms with Crippen LogP contribution in [-0.2, 0) is 14.8 Å². The van der Waals surface area contributed by atoms with Crippen LogP contribution in [0.15, 0.2) is 62.9 Å². The van der Waals surface area contributed by atoms with Crippen LogP contribution in [0.2, 0.25) is 0 Å². The van der Waals surface area contributed by atoms with E-state index >= 15 is 0 Å². The van der Waals surface area contributed by atoms with Crippen molar-refractivity contribution in [2.75, 3.05) is 38.6 Å². The van der Waals surface area contributed by atoms with Crippen LogP contribution in [0.5, 0.6) is 5.75 Å². The first-order valence-electron chi connectivity index (χ1n) is 10.8. The molecule has 0 saturated heterocycles. The summed E-state index contributed by atoms with van der Waals surface area (Å²) in [4.78, 5) is 18.7. The number of amides is 1. The average Bonchev–Trinajstić information content (AvgIpc) is 3.03.